The molecule has 18 heteroatoms. The SMILES string of the molecule is CC(C)(C)OC(=O)NC1=C2C(C(F)(F)F)=NC(C(F)(F)F)=NC2(C)NN1c1c(Cl)cc(C(F)(F)F)cc1Cl. The van der Waals surface area contributed by atoms with Crippen molar-refractivity contribution in [3.8, 4) is 0 Å². The number of aliphatic imine (C=N–C) groups is 2. The maximum absolute atomic E-state index is 14.0. The van der Waals surface area contributed by atoms with Crippen LogP contribution >= 0.6 is 23.2 Å². The Hall–Kier alpha value is -2.72. The van der Waals surface area contributed by atoms with Crippen LogP contribution in [-0.2, 0) is 10.9 Å². The third kappa shape index (κ3) is 5.96. The minimum Gasteiger partial charge on any atom is -0.444 e. The molecule has 2 aliphatic rings. The van der Waals surface area contributed by atoms with Gasteiger partial charge in [0.15, 0.2) is 11.4 Å². The van der Waals surface area contributed by atoms with Gasteiger partial charge < -0.3 is 4.74 Å². The van der Waals surface area contributed by atoms with Crippen LogP contribution in [-0.4, -0.2) is 41.3 Å². The van der Waals surface area contributed by atoms with E-state index in [0.29, 0.717) is 17.1 Å². The minimum absolute atomic E-state index is 0.383. The van der Waals surface area contributed by atoms with E-state index in [1.807, 2.05) is 5.32 Å². The van der Waals surface area contributed by atoms with Crippen LogP contribution in [0.25, 0.3) is 0 Å². The van der Waals surface area contributed by atoms with Crippen molar-refractivity contribution in [3.05, 3.63) is 39.1 Å². The Morgan fingerprint density at radius 2 is 1.50 bits per heavy atom. The number of alkyl halides is 9. The first-order chi connectivity index (χ1) is 16.9. The summed E-state index contributed by atoms with van der Waals surface area (Å²) in [4.78, 5) is 18.5. The van der Waals surface area contributed by atoms with Gasteiger partial charge in [0.2, 0.25) is 5.84 Å². The Morgan fingerprint density at radius 3 is 1.92 bits per heavy atom. The van der Waals surface area contributed by atoms with Crippen LogP contribution in [0.3, 0.4) is 0 Å². The van der Waals surface area contributed by atoms with E-state index in [-0.39, 0.29) is 0 Å². The molecule has 0 spiro atoms. The molecule has 0 saturated carbocycles. The van der Waals surface area contributed by atoms with E-state index >= 15 is 0 Å². The molecule has 0 aromatic heterocycles. The number of nitrogens with one attached hydrogen (secondary N) is 2. The van der Waals surface area contributed by atoms with Crippen LogP contribution < -0.4 is 15.8 Å². The van der Waals surface area contributed by atoms with Gasteiger partial charge in [-0.05, 0) is 39.8 Å². The average Bonchev–Trinajstić information content (AvgIpc) is 2.94. The number of rotatable bonds is 2. The molecule has 7 nitrogen and oxygen atoms in total. The third-order valence-corrected chi connectivity index (χ3v) is 5.35. The van der Waals surface area contributed by atoms with Gasteiger partial charge in [0.25, 0.3) is 0 Å². The second kappa shape index (κ2) is 9.19. The lowest BCUT2D eigenvalue weighted by Crippen LogP contribution is -2.51. The molecular formula is C20H16Cl2F9N5O2. The van der Waals surface area contributed by atoms with E-state index < -0.39 is 80.1 Å². The van der Waals surface area contributed by atoms with Crippen molar-refractivity contribution in [1.82, 2.24) is 10.7 Å². The predicted molar refractivity (Wildman–Crippen MR) is 119 cm³/mol. The number of fused-ring (bicyclic) bond motifs is 1. The van der Waals surface area contributed by atoms with Gasteiger partial charge in [-0.2, -0.15) is 44.9 Å². The zero-order chi connectivity index (χ0) is 29.2. The first-order valence-corrected chi connectivity index (χ1v) is 10.9. The summed E-state index contributed by atoms with van der Waals surface area (Å²) in [5, 5.41) is 0.888. The van der Waals surface area contributed by atoms with Gasteiger partial charge in [-0.3, -0.25) is 10.3 Å². The van der Waals surface area contributed by atoms with Crippen molar-refractivity contribution in [3.63, 3.8) is 0 Å². The summed E-state index contributed by atoms with van der Waals surface area (Å²) in [6, 6.07) is 0.765. The van der Waals surface area contributed by atoms with Gasteiger partial charge in [0.1, 0.15) is 11.4 Å². The van der Waals surface area contributed by atoms with E-state index in [2.05, 4.69) is 15.4 Å². The molecule has 3 rings (SSSR count). The van der Waals surface area contributed by atoms with Crippen LogP contribution in [0.5, 0.6) is 0 Å². The number of ether oxygens (including phenoxy) is 1. The van der Waals surface area contributed by atoms with Gasteiger partial charge in [0, 0.05) is 0 Å². The number of amidine groups is 1. The Kier molecular flexibility index (Phi) is 7.21. The van der Waals surface area contributed by atoms with Gasteiger partial charge in [0.05, 0.1) is 26.9 Å². The molecule has 0 saturated heterocycles. The average molecular weight is 600 g/mol. The summed E-state index contributed by atoms with van der Waals surface area (Å²) in [6.45, 7) is 5.01. The smallest absolute Gasteiger partial charge is 0.444 e. The van der Waals surface area contributed by atoms with Gasteiger partial charge >= 0.3 is 24.6 Å². The Labute approximate surface area is 218 Å². The fourth-order valence-corrected chi connectivity index (χ4v) is 4.11. The Bertz CT molecular complexity index is 1240. The van der Waals surface area contributed by atoms with Crippen LogP contribution in [0.15, 0.2) is 33.5 Å². The molecule has 0 radical (unpaired) electrons. The molecule has 1 amide bonds. The first-order valence-electron chi connectivity index (χ1n) is 10.2. The highest BCUT2D eigenvalue weighted by Gasteiger charge is 2.57. The molecule has 2 aliphatic heterocycles. The number of carbonyl (C=O) groups is 1. The van der Waals surface area contributed by atoms with Crippen LogP contribution in [0.2, 0.25) is 10.0 Å². The molecule has 1 atom stereocenters. The number of nitrogens with zero attached hydrogens (tertiary/aromatic N) is 3. The standard InChI is InChI=1S/C20H16Cl2F9N5O2/c1-16(2,3)38-15(37)33-13-10-12(19(26,27)28)32-14(20(29,30)31)34-17(10,4)35-36(13)11-8(21)5-7(6-9(11)22)18(23,24)25/h5-6,35H,1-4H3,(H,33,37). The first kappa shape index (κ1) is 29.8. The fraction of sp³-hybridized carbons (Fsp3) is 0.450. The Balaban J connectivity index is 2.32. The van der Waals surface area contributed by atoms with E-state index in [1.54, 1.807) is 0 Å². The van der Waals surface area contributed by atoms with Crippen molar-refractivity contribution in [1.29, 1.82) is 0 Å². The van der Waals surface area contributed by atoms with Crippen molar-refractivity contribution < 1.29 is 49.0 Å². The maximum Gasteiger partial charge on any atom is 0.451 e. The van der Waals surface area contributed by atoms with Gasteiger partial charge in [-0.15, -0.1) is 0 Å². The summed E-state index contributed by atoms with van der Waals surface area (Å²) in [5.41, 5.74) is -6.76. The predicted octanol–water partition coefficient (Wildman–Crippen LogP) is 6.77. The molecule has 1 aromatic carbocycles. The van der Waals surface area contributed by atoms with Crippen molar-refractivity contribution in [2.75, 3.05) is 5.01 Å². The molecule has 210 valence electrons. The molecule has 2 N–H and O–H groups in total. The number of alkyl carbamates (subject to hydrolysis) is 1. The molecule has 1 aromatic rings. The largest absolute Gasteiger partial charge is 0.451 e. The van der Waals surface area contributed by atoms with Gasteiger partial charge in [-0.25, -0.2) is 14.8 Å². The zero-order valence-corrected chi connectivity index (χ0v) is 21.0. The van der Waals surface area contributed by atoms with Crippen LogP contribution in [0.4, 0.5) is 50.0 Å². The summed E-state index contributed by atoms with van der Waals surface area (Å²) in [7, 11) is 0. The lowest BCUT2D eigenvalue weighted by atomic mass is 9.96. The Morgan fingerprint density at radius 1 is 0.974 bits per heavy atom. The van der Waals surface area contributed by atoms with Crippen molar-refractivity contribution in [2.24, 2.45) is 9.98 Å². The monoisotopic (exact) mass is 599 g/mol. The number of halogens is 11. The molecule has 38 heavy (non-hydrogen) atoms. The summed E-state index contributed by atoms with van der Waals surface area (Å²) < 4.78 is 127. The lowest BCUT2D eigenvalue weighted by Gasteiger charge is -2.31. The number of hydrogen-bond donors (Lipinski definition) is 2. The highest BCUT2D eigenvalue weighted by molar-refractivity contribution is 6.39. The van der Waals surface area contributed by atoms with E-state index in [4.69, 9.17) is 27.9 Å². The number of carbonyl (C=O) groups excluding carboxylic acids is 1. The quantitative estimate of drug-likeness (QED) is 0.368. The number of hydrazine groups is 1. The maximum atomic E-state index is 14.0. The third-order valence-electron chi connectivity index (χ3n) is 4.77. The summed E-state index contributed by atoms with van der Waals surface area (Å²) >= 11 is 12.0. The summed E-state index contributed by atoms with van der Waals surface area (Å²) in [6.07, 6.45) is -17.2. The fourth-order valence-electron chi connectivity index (χ4n) is 3.46. The lowest BCUT2D eigenvalue weighted by molar-refractivity contribution is -0.137. The molecule has 1 unspecified atom stereocenters. The second-order valence-electron chi connectivity index (χ2n) is 9.05. The molecule has 0 aliphatic carbocycles. The molecule has 2 heterocycles. The molecule has 0 fully saturated rings. The second-order valence-corrected chi connectivity index (χ2v) is 9.86. The minimum atomic E-state index is -5.52. The van der Waals surface area contributed by atoms with Crippen LogP contribution in [0.1, 0.15) is 33.3 Å². The van der Waals surface area contributed by atoms with E-state index in [1.165, 1.54) is 20.8 Å². The highest BCUT2D eigenvalue weighted by atomic mass is 35.5. The topological polar surface area (TPSA) is 78.3 Å². The number of amides is 1. The van der Waals surface area contributed by atoms with Crippen molar-refractivity contribution in [2.45, 2.75) is 57.5 Å². The molecular weight excluding hydrogens is 584 g/mol. The number of hydrogen-bond acceptors (Lipinski definition) is 6. The number of anilines is 1. The van der Waals surface area contributed by atoms with Crippen LogP contribution in [0, 0.1) is 0 Å². The number of benzene rings is 1. The van der Waals surface area contributed by atoms with E-state index in [9.17, 15) is 44.3 Å². The highest BCUT2D eigenvalue weighted by Crippen LogP contribution is 2.46. The van der Waals surface area contributed by atoms with E-state index in [0.717, 1.165) is 6.92 Å². The van der Waals surface area contributed by atoms with Crippen molar-refractivity contribution >= 4 is 46.5 Å². The summed E-state index contributed by atoms with van der Waals surface area (Å²) in [5.74, 6) is -3.10. The van der Waals surface area contributed by atoms with Gasteiger partial charge in [-0.1, -0.05) is 23.2 Å². The normalized spacial score (nSPS) is 20.8. The molecule has 0 bridgehead atoms. The zero-order valence-electron chi connectivity index (χ0n) is 19.5.